The Labute approximate surface area is 135 Å². The van der Waals surface area contributed by atoms with Crippen LogP contribution in [0.15, 0.2) is 52.3 Å². The highest BCUT2D eigenvalue weighted by molar-refractivity contribution is 7.91. The Morgan fingerprint density at radius 1 is 1.05 bits per heavy atom. The van der Waals surface area contributed by atoms with E-state index in [9.17, 15) is 9.35 Å². The van der Waals surface area contributed by atoms with Crippen molar-refractivity contribution in [2.45, 2.75) is 49.8 Å². The van der Waals surface area contributed by atoms with Crippen LogP contribution in [-0.4, -0.2) is 10.3 Å². The fourth-order valence-electron chi connectivity index (χ4n) is 2.63. The topological polar surface area (TPSA) is 40.1 Å². The van der Waals surface area contributed by atoms with Gasteiger partial charge in [-0.05, 0) is 37.5 Å². The highest BCUT2D eigenvalue weighted by Crippen LogP contribution is 2.37. The van der Waals surface area contributed by atoms with Crippen molar-refractivity contribution in [1.29, 1.82) is 0 Å². The van der Waals surface area contributed by atoms with Crippen molar-refractivity contribution in [2.24, 2.45) is 0 Å². The molecule has 0 spiro atoms. The van der Waals surface area contributed by atoms with E-state index in [-0.39, 0.29) is 5.78 Å². The van der Waals surface area contributed by atoms with Gasteiger partial charge in [-0.1, -0.05) is 44.2 Å². The van der Waals surface area contributed by atoms with Gasteiger partial charge in [0, 0.05) is 28.7 Å². The van der Waals surface area contributed by atoms with Crippen molar-refractivity contribution < 1.29 is 9.35 Å². The molecule has 2 aromatic rings. The van der Waals surface area contributed by atoms with Crippen LogP contribution in [0.25, 0.3) is 0 Å². The molecule has 1 heterocycles. The monoisotopic (exact) mass is 314 g/mol. The van der Waals surface area contributed by atoms with Gasteiger partial charge in [0.1, 0.15) is 5.78 Å². The molecule has 116 valence electrons. The Bertz CT molecular complexity index is 673. The summed E-state index contributed by atoms with van der Waals surface area (Å²) in [4.78, 5) is 11.4. The van der Waals surface area contributed by atoms with Gasteiger partial charge in [-0.25, -0.2) is 0 Å². The van der Waals surface area contributed by atoms with Gasteiger partial charge in [-0.2, -0.15) is 0 Å². The molecule has 1 atom stereocenters. The molecule has 3 heteroatoms. The van der Waals surface area contributed by atoms with Crippen molar-refractivity contribution >= 4 is 17.0 Å². The van der Waals surface area contributed by atoms with E-state index in [2.05, 4.69) is 26.0 Å². The number of fused-ring (bicyclic) bond motifs is 2. The van der Waals surface area contributed by atoms with E-state index >= 15 is 0 Å². The van der Waals surface area contributed by atoms with Gasteiger partial charge < -0.3 is 9.35 Å². The quantitative estimate of drug-likeness (QED) is 0.728. The number of Topliss-reactive ketones (excluding diaryl/α,β-unsaturated/α-hetero) is 1. The normalized spacial score (nSPS) is 15.5. The Morgan fingerprint density at radius 2 is 1.64 bits per heavy atom. The predicted octanol–water partition coefficient (Wildman–Crippen LogP) is 4.48. The highest BCUT2D eigenvalue weighted by atomic mass is 32.2. The summed E-state index contributed by atoms with van der Waals surface area (Å²) < 4.78 is 12.6. The van der Waals surface area contributed by atoms with Gasteiger partial charge in [0.2, 0.25) is 0 Å². The average Bonchev–Trinajstić information content (AvgIpc) is 2.46. The summed E-state index contributed by atoms with van der Waals surface area (Å²) in [6.45, 7) is 7.44. The van der Waals surface area contributed by atoms with Gasteiger partial charge in [0.25, 0.3) is 0 Å². The summed E-state index contributed by atoms with van der Waals surface area (Å²) in [5.41, 5.74) is 3.80. The molecule has 0 amide bonds. The van der Waals surface area contributed by atoms with Gasteiger partial charge in [0.05, 0.1) is 0 Å². The van der Waals surface area contributed by atoms with Gasteiger partial charge in [0.15, 0.2) is 9.79 Å². The average molecular weight is 314 g/mol. The van der Waals surface area contributed by atoms with E-state index in [1.165, 1.54) is 30.5 Å². The zero-order valence-corrected chi connectivity index (χ0v) is 14.4. The molecule has 0 saturated heterocycles. The Hall–Kier alpha value is -1.58. The summed E-state index contributed by atoms with van der Waals surface area (Å²) in [5.74, 6) is 0.641. The number of carbonyl (C=O) groups is 1. The van der Waals surface area contributed by atoms with Crippen LogP contribution in [0.2, 0.25) is 0 Å². The maximum atomic E-state index is 12.6. The van der Waals surface area contributed by atoms with Gasteiger partial charge in [-0.15, -0.1) is 0 Å². The first-order valence-corrected chi connectivity index (χ1v) is 8.65. The van der Waals surface area contributed by atoms with Crippen molar-refractivity contribution in [3.8, 4) is 0 Å². The molecule has 22 heavy (non-hydrogen) atoms. The summed E-state index contributed by atoms with van der Waals surface area (Å²) in [6, 6.07) is 14.3. The minimum absolute atomic E-state index is 0.167. The first-order valence-electron chi connectivity index (χ1n) is 7.50. The second-order valence-corrected chi connectivity index (χ2v) is 7.36. The molecule has 0 radical (unpaired) electrons. The number of carbonyl (C=O) groups excluding carboxylic acids is 1. The summed E-state index contributed by atoms with van der Waals surface area (Å²) in [6.07, 6.45) is 0.908. The maximum absolute atomic E-state index is 12.6. The van der Waals surface area contributed by atoms with Crippen molar-refractivity contribution in [3.63, 3.8) is 0 Å². The Balaban J connectivity index is 0.000000396. The molecule has 0 N–H and O–H groups in total. The minimum atomic E-state index is -1.02. The fraction of sp³-hybridized carbons (Fsp3) is 0.316. The fourth-order valence-corrected chi connectivity index (χ4v) is 4.06. The minimum Gasteiger partial charge on any atom is -0.606 e. The van der Waals surface area contributed by atoms with Crippen LogP contribution < -0.4 is 0 Å². The molecule has 1 aliphatic rings. The summed E-state index contributed by atoms with van der Waals surface area (Å²) in [5, 5.41) is 0. The zero-order valence-electron chi connectivity index (χ0n) is 13.6. The number of ketones is 1. The Morgan fingerprint density at radius 3 is 2.27 bits per heavy atom. The molecular formula is C19H22O2S. The largest absolute Gasteiger partial charge is 0.606 e. The molecule has 0 bridgehead atoms. The van der Waals surface area contributed by atoms with E-state index in [4.69, 9.17) is 0 Å². The number of hydrogen-bond donors (Lipinski definition) is 0. The van der Waals surface area contributed by atoms with Crippen LogP contribution >= 0.6 is 0 Å². The first-order chi connectivity index (χ1) is 10.4. The van der Waals surface area contributed by atoms with E-state index in [0.29, 0.717) is 5.92 Å². The lowest BCUT2D eigenvalue weighted by Gasteiger charge is -2.24. The predicted molar refractivity (Wildman–Crippen MR) is 90.8 cm³/mol. The van der Waals surface area contributed by atoms with E-state index in [1.807, 2.05) is 30.3 Å². The SMILES string of the molecule is CC(C)=O.CC(C)c1cccc2c1Cc1ccccc1[S+]2[O-]. The molecular weight excluding hydrogens is 292 g/mol. The highest BCUT2D eigenvalue weighted by Gasteiger charge is 2.29. The molecule has 3 rings (SSSR count). The smallest absolute Gasteiger partial charge is 0.162 e. The van der Waals surface area contributed by atoms with Crippen LogP contribution in [0.3, 0.4) is 0 Å². The van der Waals surface area contributed by atoms with Crippen molar-refractivity contribution in [3.05, 3.63) is 59.2 Å². The van der Waals surface area contributed by atoms with E-state index < -0.39 is 11.2 Å². The van der Waals surface area contributed by atoms with Crippen LogP contribution in [-0.2, 0) is 22.4 Å². The number of benzene rings is 2. The maximum Gasteiger partial charge on any atom is 0.162 e. The van der Waals surface area contributed by atoms with Crippen LogP contribution in [0.1, 0.15) is 50.3 Å². The summed E-state index contributed by atoms with van der Waals surface area (Å²) >= 11 is -1.02. The summed E-state index contributed by atoms with van der Waals surface area (Å²) in [7, 11) is 0. The third kappa shape index (κ3) is 3.60. The zero-order chi connectivity index (χ0) is 16.3. The molecule has 0 aromatic heterocycles. The standard InChI is InChI=1S/C16H16OS.C3H6O/c1-11(2)13-7-5-9-16-14(13)10-12-6-3-4-8-15(12)18(16)17;1-3(2)4/h3-9,11H,10H2,1-2H3;1-2H3. The molecule has 2 aromatic carbocycles. The van der Waals surface area contributed by atoms with Gasteiger partial charge >= 0.3 is 0 Å². The van der Waals surface area contributed by atoms with Crippen molar-refractivity contribution in [2.75, 3.05) is 0 Å². The lowest BCUT2D eigenvalue weighted by molar-refractivity contribution is -0.114. The van der Waals surface area contributed by atoms with E-state index in [0.717, 1.165) is 16.2 Å². The number of rotatable bonds is 1. The molecule has 1 unspecified atom stereocenters. The first kappa shape index (κ1) is 16.8. The number of hydrogen-bond acceptors (Lipinski definition) is 2. The van der Waals surface area contributed by atoms with Crippen LogP contribution in [0, 0.1) is 0 Å². The Kier molecular flexibility index (Phi) is 5.43. The molecule has 2 nitrogen and oxygen atoms in total. The van der Waals surface area contributed by atoms with Crippen LogP contribution in [0.5, 0.6) is 0 Å². The second kappa shape index (κ2) is 7.12. The molecule has 0 fully saturated rings. The molecule has 1 aliphatic heterocycles. The van der Waals surface area contributed by atoms with E-state index in [1.54, 1.807) is 0 Å². The lowest BCUT2D eigenvalue weighted by atomic mass is 9.92. The molecule has 0 saturated carbocycles. The molecule has 0 aliphatic carbocycles. The van der Waals surface area contributed by atoms with Gasteiger partial charge in [-0.3, -0.25) is 0 Å². The third-order valence-corrected chi connectivity index (χ3v) is 5.11. The van der Waals surface area contributed by atoms with Crippen LogP contribution in [0.4, 0.5) is 0 Å². The second-order valence-electron chi connectivity index (χ2n) is 5.94. The third-order valence-electron chi connectivity index (χ3n) is 3.53. The lowest BCUT2D eigenvalue weighted by Crippen LogP contribution is -2.16. The van der Waals surface area contributed by atoms with Crippen molar-refractivity contribution in [1.82, 2.24) is 0 Å².